The van der Waals surface area contributed by atoms with Crippen molar-refractivity contribution < 1.29 is 13.9 Å². The van der Waals surface area contributed by atoms with Gasteiger partial charge < -0.3 is 19.0 Å². The first-order valence-corrected chi connectivity index (χ1v) is 9.98. The van der Waals surface area contributed by atoms with Crippen LogP contribution in [0.4, 0.5) is 0 Å². The Morgan fingerprint density at radius 2 is 2.11 bits per heavy atom. The van der Waals surface area contributed by atoms with E-state index in [1.807, 2.05) is 43.7 Å². The molecule has 28 heavy (non-hydrogen) atoms. The Labute approximate surface area is 168 Å². The number of amides is 1. The zero-order valence-electron chi connectivity index (χ0n) is 16.4. The molecule has 1 amide bonds. The van der Waals surface area contributed by atoms with Gasteiger partial charge in [0.05, 0.1) is 18.6 Å². The van der Waals surface area contributed by atoms with Gasteiger partial charge in [-0.05, 0) is 50.1 Å². The standard InChI is InChI=1S/C20H24N4O3S/c1-13-7-5-9-17(14(13)2)27-15(3)19-22-23-20(24(19)4)28-12-18(25)21-11-16-8-6-10-26-16/h5-10,15H,11-12H2,1-4H3,(H,21,25). The van der Waals surface area contributed by atoms with E-state index in [0.717, 1.165) is 17.1 Å². The quantitative estimate of drug-likeness (QED) is 0.582. The van der Waals surface area contributed by atoms with Crippen molar-refractivity contribution in [3.8, 4) is 5.75 Å². The Bertz CT molecular complexity index is 937. The number of nitrogens with one attached hydrogen (secondary N) is 1. The highest BCUT2D eigenvalue weighted by Crippen LogP contribution is 2.27. The topological polar surface area (TPSA) is 82.2 Å². The van der Waals surface area contributed by atoms with Crippen LogP contribution >= 0.6 is 11.8 Å². The lowest BCUT2D eigenvalue weighted by Gasteiger charge is -2.16. The normalized spacial score (nSPS) is 12.0. The van der Waals surface area contributed by atoms with Crippen molar-refractivity contribution in [3.63, 3.8) is 0 Å². The van der Waals surface area contributed by atoms with Gasteiger partial charge in [0, 0.05) is 7.05 Å². The molecule has 1 unspecified atom stereocenters. The number of hydrogen-bond donors (Lipinski definition) is 1. The van der Waals surface area contributed by atoms with Crippen LogP contribution in [0, 0.1) is 13.8 Å². The van der Waals surface area contributed by atoms with Crippen LogP contribution in [0.25, 0.3) is 0 Å². The molecular formula is C20H24N4O3S. The Kier molecular flexibility index (Phi) is 6.41. The summed E-state index contributed by atoms with van der Waals surface area (Å²) in [5.74, 6) is 2.42. The van der Waals surface area contributed by atoms with Gasteiger partial charge in [-0.1, -0.05) is 23.9 Å². The van der Waals surface area contributed by atoms with E-state index in [4.69, 9.17) is 9.15 Å². The molecular weight excluding hydrogens is 376 g/mol. The molecule has 0 saturated carbocycles. The maximum Gasteiger partial charge on any atom is 0.230 e. The van der Waals surface area contributed by atoms with Crippen LogP contribution in [0.2, 0.25) is 0 Å². The number of rotatable bonds is 8. The summed E-state index contributed by atoms with van der Waals surface area (Å²) in [6, 6.07) is 9.59. The molecule has 0 fully saturated rings. The maximum atomic E-state index is 12.0. The van der Waals surface area contributed by atoms with Gasteiger partial charge >= 0.3 is 0 Å². The lowest BCUT2D eigenvalue weighted by atomic mass is 10.1. The molecule has 0 bridgehead atoms. The van der Waals surface area contributed by atoms with Gasteiger partial charge in [-0.3, -0.25) is 4.79 Å². The molecule has 3 aromatic rings. The second kappa shape index (κ2) is 8.97. The van der Waals surface area contributed by atoms with E-state index in [2.05, 4.69) is 28.5 Å². The molecule has 0 aliphatic heterocycles. The SMILES string of the molecule is Cc1cccc(OC(C)c2nnc(SCC(=O)NCc3ccco3)n2C)c1C. The molecule has 1 atom stereocenters. The number of nitrogens with zero attached hydrogens (tertiary/aromatic N) is 3. The lowest BCUT2D eigenvalue weighted by Crippen LogP contribution is -2.24. The zero-order valence-corrected chi connectivity index (χ0v) is 17.2. The first kappa shape index (κ1) is 20.0. The van der Waals surface area contributed by atoms with E-state index in [-0.39, 0.29) is 17.8 Å². The third kappa shape index (κ3) is 4.75. The molecule has 8 heteroatoms. The minimum Gasteiger partial charge on any atom is -0.482 e. The van der Waals surface area contributed by atoms with Crippen molar-refractivity contribution >= 4 is 17.7 Å². The van der Waals surface area contributed by atoms with Gasteiger partial charge in [0.2, 0.25) is 5.91 Å². The van der Waals surface area contributed by atoms with Crippen LogP contribution in [-0.2, 0) is 18.4 Å². The fraction of sp³-hybridized carbons (Fsp3) is 0.350. The largest absolute Gasteiger partial charge is 0.482 e. The summed E-state index contributed by atoms with van der Waals surface area (Å²) in [6.45, 7) is 6.41. The van der Waals surface area contributed by atoms with Crippen LogP contribution in [0.15, 0.2) is 46.2 Å². The number of aromatic nitrogens is 3. The number of carbonyl (C=O) groups excluding carboxylic acids is 1. The Morgan fingerprint density at radius 3 is 2.86 bits per heavy atom. The van der Waals surface area contributed by atoms with E-state index >= 15 is 0 Å². The van der Waals surface area contributed by atoms with Crippen molar-refractivity contribution in [1.29, 1.82) is 0 Å². The summed E-state index contributed by atoms with van der Waals surface area (Å²) in [5, 5.41) is 11.9. The molecule has 2 aromatic heterocycles. The maximum absolute atomic E-state index is 12.0. The molecule has 2 heterocycles. The summed E-state index contributed by atoms with van der Waals surface area (Å²) >= 11 is 1.33. The van der Waals surface area contributed by atoms with Crippen LogP contribution in [0.1, 0.15) is 35.7 Å². The molecule has 1 N–H and O–H groups in total. The average molecular weight is 401 g/mol. The van der Waals surface area contributed by atoms with Crippen LogP contribution < -0.4 is 10.1 Å². The highest BCUT2D eigenvalue weighted by Gasteiger charge is 2.19. The number of thioether (sulfide) groups is 1. The van der Waals surface area contributed by atoms with E-state index in [0.29, 0.717) is 17.5 Å². The molecule has 148 valence electrons. The first-order chi connectivity index (χ1) is 13.5. The third-order valence-corrected chi connectivity index (χ3v) is 5.48. The third-order valence-electron chi connectivity index (χ3n) is 4.46. The number of carbonyl (C=O) groups is 1. The van der Waals surface area contributed by atoms with Crippen molar-refractivity contribution in [2.45, 2.75) is 38.6 Å². The minimum absolute atomic E-state index is 0.0920. The van der Waals surface area contributed by atoms with Crippen LogP contribution in [0.3, 0.4) is 0 Å². The Balaban J connectivity index is 1.56. The van der Waals surface area contributed by atoms with Crippen LogP contribution in [-0.4, -0.2) is 26.4 Å². The summed E-state index contributed by atoms with van der Waals surface area (Å²) in [5.41, 5.74) is 2.29. The number of aryl methyl sites for hydroxylation is 1. The van der Waals surface area contributed by atoms with E-state index in [1.165, 1.54) is 17.3 Å². The number of benzene rings is 1. The molecule has 3 rings (SSSR count). The fourth-order valence-corrected chi connectivity index (χ4v) is 3.43. The van der Waals surface area contributed by atoms with Gasteiger partial charge in [-0.2, -0.15) is 0 Å². The van der Waals surface area contributed by atoms with Gasteiger partial charge in [-0.25, -0.2) is 0 Å². The molecule has 0 spiro atoms. The fourth-order valence-electron chi connectivity index (χ4n) is 2.68. The molecule has 0 saturated heterocycles. The van der Waals surface area contributed by atoms with E-state index in [9.17, 15) is 4.79 Å². The number of ether oxygens (including phenoxy) is 1. The predicted octanol–water partition coefficient (Wildman–Crippen LogP) is 3.57. The zero-order chi connectivity index (χ0) is 20.1. The monoisotopic (exact) mass is 400 g/mol. The second-order valence-electron chi connectivity index (χ2n) is 6.50. The molecule has 0 aliphatic rings. The first-order valence-electron chi connectivity index (χ1n) is 8.99. The van der Waals surface area contributed by atoms with Gasteiger partial charge in [0.1, 0.15) is 11.5 Å². The Hall–Kier alpha value is -2.74. The van der Waals surface area contributed by atoms with Gasteiger partial charge in [0.25, 0.3) is 0 Å². The highest BCUT2D eigenvalue weighted by atomic mass is 32.2. The average Bonchev–Trinajstić information content (AvgIpc) is 3.32. The number of furan rings is 1. The predicted molar refractivity (Wildman–Crippen MR) is 107 cm³/mol. The highest BCUT2D eigenvalue weighted by molar-refractivity contribution is 7.99. The summed E-state index contributed by atoms with van der Waals surface area (Å²) in [7, 11) is 1.88. The summed E-state index contributed by atoms with van der Waals surface area (Å²) < 4.78 is 13.1. The van der Waals surface area contributed by atoms with Crippen molar-refractivity contribution in [3.05, 3.63) is 59.3 Å². The molecule has 0 aliphatic carbocycles. The summed E-state index contributed by atoms with van der Waals surface area (Å²) in [6.07, 6.45) is 1.32. The number of hydrogen-bond acceptors (Lipinski definition) is 6. The van der Waals surface area contributed by atoms with Gasteiger partial charge in [-0.15, -0.1) is 10.2 Å². The lowest BCUT2D eigenvalue weighted by molar-refractivity contribution is -0.118. The molecule has 7 nitrogen and oxygen atoms in total. The van der Waals surface area contributed by atoms with Crippen LogP contribution in [0.5, 0.6) is 5.75 Å². The summed E-state index contributed by atoms with van der Waals surface area (Å²) in [4.78, 5) is 12.0. The van der Waals surface area contributed by atoms with E-state index in [1.54, 1.807) is 12.3 Å². The molecule has 1 aromatic carbocycles. The van der Waals surface area contributed by atoms with Crippen molar-refractivity contribution in [1.82, 2.24) is 20.1 Å². The van der Waals surface area contributed by atoms with Crippen molar-refractivity contribution in [2.75, 3.05) is 5.75 Å². The Morgan fingerprint density at radius 1 is 1.29 bits per heavy atom. The minimum atomic E-state index is -0.264. The van der Waals surface area contributed by atoms with E-state index < -0.39 is 0 Å². The van der Waals surface area contributed by atoms with Gasteiger partial charge in [0.15, 0.2) is 17.1 Å². The second-order valence-corrected chi connectivity index (χ2v) is 7.45. The molecule has 0 radical (unpaired) electrons. The van der Waals surface area contributed by atoms with Crippen molar-refractivity contribution in [2.24, 2.45) is 7.05 Å². The smallest absolute Gasteiger partial charge is 0.230 e.